The fourth-order valence-electron chi connectivity index (χ4n) is 2.72. The van der Waals surface area contributed by atoms with Crippen molar-refractivity contribution in [1.82, 2.24) is 20.3 Å². The smallest absolute Gasteiger partial charge is 0.251 e. The number of hydrogen-bond donors (Lipinski definition) is 3. The van der Waals surface area contributed by atoms with Crippen molar-refractivity contribution in [3.8, 4) is 0 Å². The zero-order valence-corrected chi connectivity index (χ0v) is 15.1. The molecule has 2 heterocycles. The number of pyridine rings is 1. The molecule has 124 valence electrons. The van der Waals surface area contributed by atoms with Crippen molar-refractivity contribution in [3.63, 3.8) is 0 Å². The van der Waals surface area contributed by atoms with E-state index in [0.717, 1.165) is 26.7 Å². The fourth-order valence-corrected chi connectivity index (χ4v) is 3.05. The molecular formula is C17H18BrN5O. The van der Waals surface area contributed by atoms with Crippen LogP contribution in [0.3, 0.4) is 0 Å². The van der Waals surface area contributed by atoms with E-state index in [4.69, 9.17) is 5.73 Å². The van der Waals surface area contributed by atoms with Crippen LogP contribution in [0, 0.1) is 13.8 Å². The number of nitrogens with two attached hydrogens (primary N) is 1. The number of fused-ring (bicyclic) bond motifs is 1. The van der Waals surface area contributed by atoms with E-state index in [2.05, 4.69) is 36.2 Å². The second kappa shape index (κ2) is 6.70. The molecule has 0 aliphatic heterocycles. The van der Waals surface area contributed by atoms with Crippen LogP contribution in [-0.2, 0) is 13.1 Å². The zero-order valence-electron chi connectivity index (χ0n) is 13.5. The summed E-state index contributed by atoms with van der Waals surface area (Å²) in [5.74, 6) is 0.523. The van der Waals surface area contributed by atoms with Gasteiger partial charge in [-0.25, -0.2) is 9.97 Å². The Balaban J connectivity index is 1.75. The first-order chi connectivity index (χ1) is 11.5. The van der Waals surface area contributed by atoms with Crippen molar-refractivity contribution in [1.29, 1.82) is 0 Å². The molecule has 24 heavy (non-hydrogen) atoms. The third-order valence-electron chi connectivity index (χ3n) is 3.93. The van der Waals surface area contributed by atoms with Gasteiger partial charge in [-0.1, -0.05) is 0 Å². The van der Waals surface area contributed by atoms with Gasteiger partial charge in [-0.05, 0) is 64.7 Å². The maximum absolute atomic E-state index is 12.4. The van der Waals surface area contributed by atoms with Crippen molar-refractivity contribution in [3.05, 3.63) is 56.9 Å². The summed E-state index contributed by atoms with van der Waals surface area (Å²) in [6.45, 7) is 4.72. The summed E-state index contributed by atoms with van der Waals surface area (Å²) >= 11 is 3.37. The number of carbonyl (C=O) groups excluding carboxylic acids is 1. The molecule has 0 fully saturated rings. The number of halogens is 1. The van der Waals surface area contributed by atoms with Crippen LogP contribution in [0.4, 0.5) is 0 Å². The standard InChI is InChI=1S/C17H18BrN5O/c1-9-3-11(4-10(2)13(9)6-19)17(24)21-8-15-22-14-5-12(18)7-20-16(14)23-15/h3-5,7H,6,8,19H2,1-2H3,(H,21,24)(H,20,22,23). The highest BCUT2D eigenvalue weighted by Gasteiger charge is 2.11. The highest BCUT2D eigenvalue weighted by Crippen LogP contribution is 2.17. The maximum Gasteiger partial charge on any atom is 0.251 e. The second-order valence-electron chi connectivity index (χ2n) is 5.68. The van der Waals surface area contributed by atoms with Gasteiger partial charge >= 0.3 is 0 Å². The molecule has 0 aliphatic rings. The van der Waals surface area contributed by atoms with Crippen LogP contribution in [0.2, 0.25) is 0 Å². The Kier molecular flexibility index (Phi) is 4.64. The molecule has 0 saturated carbocycles. The highest BCUT2D eigenvalue weighted by molar-refractivity contribution is 9.10. The lowest BCUT2D eigenvalue weighted by Gasteiger charge is -2.11. The minimum Gasteiger partial charge on any atom is -0.345 e. The van der Waals surface area contributed by atoms with Gasteiger partial charge in [-0.15, -0.1) is 0 Å². The van der Waals surface area contributed by atoms with Gasteiger partial charge in [0.2, 0.25) is 0 Å². The molecule has 0 unspecified atom stereocenters. The molecule has 3 rings (SSSR count). The quantitative estimate of drug-likeness (QED) is 0.640. The van der Waals surface area contributed by atoms with Gasteiger partial charge in [0.05, 0.1) is 12.1 Å². The lowest BCUT2D eigenvalue weighted by Crippen LogP contribution is -2.24. The minimum atomic E-state index is -0.139. The molecule has 0 saturated heterocycles. The summed E-state index contributed by atoms with van der Waals surface area (Å²) in [5, 5.41) is 2.88. The van der Waals surface area contributed by atoms with E-state index >= 15 is 0 Å². The van der Waals surface area contributed by atoms with Crippen molar-refractivity contribution in [2.75, 3.05) is 0 Å². The first-order valence-electron chi connectivity index (χ1n) is 7.56. The van der Waals surface area contributed by atoms with E-state index in [1.54, 1.807) is 6.20 Å². The summed E-state index contributed by atoms with van der Waals surface area (Å²) in [4.78, 5) is 24.1. The van der Waals surface area contributed by atoms with Gasteiger partial charge in [0.15, 0.2) is 5.65 Å². The molecule has 0 bridgehead atoms. The molecule has 7 heteroatoms. The number of aromatic nitrogens is 3. The van der Waals surface area contributed by atoms with Gasteiger partial charge in [0.25, 0.3) is 5.91 Å². The summed E-state index contributed by atoms with van der Waals surface area (Å²) in [6.07, 6.45) is 1.69. The van der Waals surface area contributed by atoms with E-state index in [1.807, 2.05) is 32.0 Å². The van der Waals surface area contributed by atoms with Crippen LogP contribution in [0.1, 0.15) is 32.9 Å². The molecule has 1 aromatic carbocycles. The lowest BCUT2D eigenvalue weighted by atomic mass is 9.99. The Morgan fingerprint density at radius 1 is 1.29 bits per heavy atom. The summed E-state index contributed by atoms with van der Waals surface area (Å²) in [7, 11) is 0. The van der Waals surface area contributed by atoms with E-state index in [9.17, 15) is 4.79 Å². The Morgan fingerprint density at radius 2 is 2.00 bits per heavy atom. The topological polar surface area (TPSA) is 96.7 Å². The number of amides is 1. The van der Waals surface area contributed by atoms with Gasteiger partial charge in [0.1, 0.15) is 5.82 Å². The van der Waals surface area contributed by atoms with Crippen molar-refractivity contribution in [2.45, 2.75) is 26.9 Å². The van der Waals surface area contributed by atoms with Crippen LogP contribution >= 0.6 is 15.9 Å². The van der Waals surface area contributed by atoms with Crippen molar-refractivity contribution >= 4 is 33.0 Å². The monoisotopic (exact) mass is 387 g/mol. The number of nitrogens with one attached hydrogen (secondary N) is 2. The summed E-state index contributed by atoms with van der Waals surface area (Å²) in [5.41, 5.74) is 11.0. The minimum absolute atomic E-state index is 0.139. The van der Waals surface area contributed by atoms with Crippen LogP contribution in [0.25, 0.3) is 11.2 Å². The molecule has 0 aliphatic carbocycles. The number of nitrogens with zero attached hydrogens (tertiary/aromatic N) is 2. The van der Waals surface area contributed by atoms with Crippen LogP contribution in [0.5, 0.6) is 0 Å². The van der Waals surface area contributed by atoms with Crippen LogP contribution < -0.4 is 11.1 Å². The number of imidazole rings is 1. The van der Waals surface area contributed by atoms with Crippen molar-refractivity contribution < 1.29 is 4.79 Å². The zero-order chi connectivity index (χ0) is 17.3. The number of hydrogen-bond acceptors (Lipinski definition) is 4. The third kappa shape index (κ3) is 3.32. The predicted molar refractivity (Wildman–Crippen MR) is 96.6 cm³/mol. The highest BCUT2D eigenvalue weighted by atomic mass is 79.9. The maximum atomic E-state index is 12.4. The molecule has 0 spiro atoms. The number of aromatic amines is 1. The molecule has 6 nitrogen and oxygen atoms in total. The SMILES string of the molecule is Cc1cc(C(=O)NCc2nc3ncc(Br)cc3[nH]2)cc(C)c1CN. The fraction of sp³-hybridized carbons (Fsp3) is 0.235. The Labute approximate surface area is 148 Å². The summed E-state index contributed by atoms with van der Waals surface area (Å²) in [6, 6.07) is 5.63. The number of benzene rings is 1. The largest absolute Gasteiger partial charge is 0.345 e. The number of aryl methyl sites for hydroxylation is 2. The van der Waals surface area contributed by atoms with Gasteiger partial charge < -0.3 is 16.0 Å². The van der Waals surface area contributed by atoms with E-state index in [1.165, 1.54) is 0 Å². The number of carbonyl (C=O) groups is 1. The van der Waals surface area contributed by atoms with Crippen LogP contribution in [0.15, 0.2) is 28.9 Å². The van der Waals surface area contributed by atoms with Crippen molar-refractivity contribution in [2.24, 2.45) is 5.73 Å². The first kappa shape index (κ1) is 16.6. The van der Waals surface area contributed by atoms with E-state index in [-0.39, 0.29) is 5.91 Å². The second-order valence-corrected chi connectivity index (χ2v) is 6.60. The van der Waals surface area contributed by atoms with E-state index < -0.39 is 0 Å². The van der Waals surface area contributed by atoms with Gasteiger partial charge in [0, 0.05) is 22.8 Å². The molecule has 2 aromatic heterocycles. The third-order valence-corrected chi connectivity index (χ3v) is 4.37. The Morgan fingerprint density at radius 3 is 2.67 bits per heavy atom. The Bertz CT molecular complexity index is 895. The first-order valence-corrected chi connectivity index (χ1v) is 8.35. The van der Waals surface area contributed by atoms with Gasteiger partial charge in [-0.2, -0.15) is 0 Å². The molecule has 0 radical (unpaired) electrons. The lowest BCUT2D eigenvalue weighted by molar-refractivity contribution is 0.0950. The number of rotatable bonds is 4. The molecule has 0 atom stereocenters. The van der Waals surface area contributed by atoms with E-state index in [0.29, 0.717) is 30.1 Å². The Hall–Kier alpha value is -2.25. The molecule has 4 N–H and O–H groups in total. The molecule has 3 aromatic rings. The molecule has 1 amide bonds. The predicted octanol–water partition coefficient (Wildman–Crippen LogP) is 2.73. The average molecular weight is 388 g/mol. The summed E-state index contributed by atoms with van der Waals surface area (Å²) < 4.78 is 0.875. The van der Waals surface area contributed by atoms with Gasteiger partial charge in [-0.3, -0.25) is 4.79 Å². The average Bonchev–Trinajstić information content (AvgIpc) is 2.94. The molecular weight excluding hydrogens is 370 g/mol. The van der Waals surface area contributed by atoms with Crippen LogP contribution in [-0.4, -0.2) is 20.9 Å². The number of H-pyrrole nitrogens is 1. The normalized spacial score (nSPS) is 11.0.